The van der Waals surface area contributed by atoms with Gasteiger partial charge in [0.15, 0.2) is 0 Å². The van der Waals surface area contributed by atoms with Crippen LogP contribution in [0.25, 0.3) is 0 Å². The zero-order valence-electron chi connectivity index (χ0n) is 11.7. The number of hydrogen-bond acceptors (Lipinski definition) is 5. The maximum absolute atomic E-state index is 12.5. The highest BCUT2D eigenvalue weighted by atomic mass is 16.6. The van der Waals surface area contributed by atoms with Gasteiger partial charge in [-0.25, -0.2) is 0 Å². The number of nitrogens with one attached hydrogen (secondary N) is 1. The van der Waals surface area contributed by atoms with Gasteiger partial charge in [0.2, 0.25) is 0 Å². The molecule has 2 rings (SSSR count). The summed E-state index contributed by atoms with van der Waals surface area (Å²) in [7, 11) is 1.26. The second-order valence-corrected chi connectivity index (χ2v) is 4.98. The Balaban J connectivity index is 2.19. The number of amides is 1. The van der Waals surface area contributed by atoms with Gasteiger partial charge >= 0.3 is 5.97 Å². The normalized spacial score (nSPS) is 14.9. The maximum Gasteiger partial charge on any atom is 0.325 e. The standard InChI is InChI=1S/C13H17N3O5/c1-21-12(17)8-15(9-4-2-3-5-9)13(18)11-6-10(7-14-11)16(19)20/h6-7,9,14H,2-5,8H2,1H3. The fourth-order valence-corrected chi connectivity index (χ4v) is 2.55. The minimum absolute atomic E-state index is 0.0287. The van der Waals surface area contributed by atoms with Crippen molar-refractivity contribution in [1.82, 2.24) is 9.88 Å². The molecular formula is C13H17N3O5. The first-order chi connectivity index (χ1) is 10.0. The van der Waals surface area contributed by atoms with Gasteiger partial charge in [-0.15, -0.1) is 0 Å². The van der Waals surface area contributed by atoms with Crippen molar-refractivity contribution in [2.45, 2.75) is 31.7 Å². The van der Waals surface area contributed by atoms with Gasteiger partial charge < -0.3 is 14.6 Å². The summed E-state index contributed by atoms with van der Waals surface area (Å²) in [5.41, 5.74) is -0.0692. The van der Waals surface area contributed by atoms with Crippen LogP contribution in [0.5, 0.6) is 0 Å². The minimum atomic E-state index is -0.576. The molecule has 0 aliphatic heterocycles. The monoisotopic (exact) mass is 295 g/mol. The molecule has 0 atom stereocenters. The van der Waals surface area contributed by atoms with Gasteiger partial charge in [0, 0.05) is 12.1 Å². The molecule has 114 valence electrons. The third-order valence-electron chi connectivity index (χ3n) is 3.66. The summed E-state index contributed by atoms with van der Waals surface area (Å²) in [6.07, 6.45) is 4.82. The summed E-state index contributed by atoms with van der Waals surface area (Å²) in [5.74, 6) is -0.920. The van der Waals surface area contributed by atoms with Gasteiger partial charge in [-0.2, -0.15) is 0 Å². The molecule has 1 amide bonds. The van der Waals surface area contributed by atoms with E-state index in [0.717, 1.165) is 31.9 Å². The number of esters is 1. The van der Waals surface area contributed by atoms with Crippen LogP contribution in [0.2, 0.25) is 0 Å². The summed E-state index contributed by atoms with van der Waals surface area (Å²) in [6.45, 7) is -0.146. The lowest BCUT2D eigenvalue weighted by molar-refractivity contribution is -0.384. The van der Waals surface area contributed by atoms with Gasteiger partial charge in [0.1, 0.15) is 12.2 Å². The summed E-state index contributed by atoms with van der Waals surface area (Å²) in [6, 6.07) is 1.15. The molecule has 0 spiro atoms. The molecule has 1 aliphatic carbocycles. The topological polar surface area (TPSA) is 106 Å². The van der Waals surface area contributed by atoms with Crippen molar-refractivity contribution in [3.8, 4) is 0 Å². The molecule has 1 aromatic heterocycles. The average Bonchev–Trinajstić information content (AvgIpc) is 3.14. The van der Waals surface area contributed by atoms with E-state index in [-0.39, 0.29) is 24.0 Å². The molecule has 0 aromatic carbocycles. The Morgan fingerprint density at radius 1 is 1.48 bits per heavy atom. The lowest BCUT2D eigenvalue weighted by atomic mass is 10.2. The van der Waals surface area contributed by atoms with Crippen molar-refractivity contribution in [3.05, 3.63) is 28.1 Å². The largest absolute Gasteiger partial charge is 0.468 e. The number of carbonyl (C=O) groups is 2. The van der Waals surface area contributed by atoms with Gasteiger partial charge in [-0.3, -0.25) is 19.7 Å². The number of H-pyrrole nitrogens is 1. The van der Waals surface area contributed by atoms with Crippen molar-refractivity contribution in [2.24, 2.45) is 0 Å². The van der Waals surface area contributed by atoms with E-state index < -0.39 is 16.8 Å². The predicted octanol–water partition coefficient (Wildman–Crippen LogP) is 1.48. The third kappa shape index (κ3) is 3.39. The number of rotatable bonds is 5. The van der Waals surface area contributed by atoms with Crippen LogP contribution in [0, 0.1) is 10.1 Å². The molecule has 8 heteroatoms. The Hall–Kier alpha value is -2.38. The summed E-state index contributed by atoms with van der Waals surface area (Å²) in [5, 5.41) is 10.7. The zero-order valence-corrected chi connectivity index (χ0v) is 11.7. The molecule has 1 N–H and O–H groups in total. The molecule has 1 aromatic rings. The van der Waals surface area contributed by atoms with Crippen LogP contribution in [0.3, 0.4) is 0 Å². The summed E-state index contributed by atoms with van der Waals surface area (Å²) < 4.78 is 4.62. The van der Waals surface area contributed by atoms with Crippen molar-refractivity contribution in [2.75, 3.05) is 13.7 Å². The van der Waals surface area contributed by atoms with Gasteiger partial charge in [-0.1, -0.05) is 12.8 Å². The molecular weight excluding hydrogens is 278 g/mol. The summed E-state index contributed by atoms with van der Waals surface area (Å²) >= 11 is 0. The Morgan fingerprint density at radius 3 is 2.67 bits per heavy atom. The van der Waals surface area contributed by atoms with Crippen LogP contribution in [0.4, 0.5) is 5.69 Å². The van der Waals surface area contributed by atoms with E-state index in [1.807, 2.05) is 0 Å². The lowest BCUT2D eigenvalue weighted by Crippen LogP contribution is -2.42. The van der Waals surface area contributed by atoms with E-state index in [1.54, 1.807) is 0 Å². The molecule has 21 heavy (non-hydrogen) atoms. The number of hydrogen-bond donors (Lipinski definition) is 1. The van der Waals surface area contributed by atoms with E-state index in [4.69, 9.17) is 0 Å². The fourth-order valence-electron chi connectivity index (χ4n) is 2.55. The molecule has 1 fully saturated rings. The molecule has 1 heterocycles. The van der Waals surface area contributed by atoms with Crippen molar-refractivity contribution in [3.63, 3.8) is 0 Å². The van der Waals surface area contributed by atoms with E-state index in [2.05, 4.69) is 9.72 Å². The Labute approximate surface area is 121 Å². The van der Waals surface area contributed by atoms with Crippen LogP contribution in [0.1, 0.15) is 36.2 Å². The van der Waals surface area contributed by atoms with Crippen molar-refractivity contribution < 1.29 is 19.2 Å². The molecule has 1 saturated carbocycles. The highest BCUT2D eigenvalue weighted by Gasteiger charge is 2.30. The predicted molar refractivity (Wildman–Crippen MR) is 72.8 cm³/mol. The minimum Gasteiger partial charge on any atom is -0.468 e. The van der Waals surface area contributed by atoms with Gasteiger partial charge in [0.05, 0.1) is 18.2 Å². The molecule has 0 unspecified atom stereocenters. The Morgan fingerprint density at radius 2 is 2.14 bits per heavy atom. The molecule has 1 aliphatic rings. The van der Waals surface area contributed by atoms with E-state index in [1.165, 1.54) is 18.1 Å². The maximum atomic E-state index is 12.5. The third-order valence-corrected chi connectivity index (χ3v) is 3.66. The van der Waals surface area contributed by atoms with Gasteiger partial charge in [0.25, 0.3) is 11.6 Å². The average molecular weight is 295 g/mol. The zero-order chi connectivity index (χ0) is 15.4. The second-order valence-electron chi connectivity index (χ2n) is 4.98. The first kappa shape index (κ1) is 15.0. The van der Waals surface area contributed by atoms with Crippen LogP contribution in [0.15, 0.2) is 12.3 Å². The van der Waals surface area contributed by atoms with Crippen LogP contribution in [-0.4, -0.2) is 46.4 Å². The molecule has 0 saturated heterocycles. The second kappa shape index (κ2) is 6.38. The van der Waals surface area contributed by atoms with E-state index >= 15 is 0 Å². The number of aromatic nitrogens is 1. The number of carbonyl (C=O) groups excluding carboxylic acids is 2. The first-order valence-electron chi connectivity index (χ1n) is 6.73. The van der Waals surface area contributed by atoms with E-state index in [9.17, 15) is 19.7 Å². The van der Waals surface area contributed by atoms with Gasteiger partial charge in [-0.05, 0) is 12.8 Å². The first-order valence-corrected chi connectivity index (χ1v) is 6.73. The van der Waals surface area contributed by atoms with Crippen LogP contribution >= 0.6 is 0 Å². The number of nitrogens with zero attached hydrogens (tertiary/aromatic N) is 2. The number of aromatic amines is 1. The van der Waals surface area contributed by atoms with Crippen molar-refractivity contribution >= 4 is 17.6 Å². The lowest BCUT2D eigenvalue weighted by Gasteiger charge is -2.27. The highest BCUT2D eigenvalue weighted by molar-refractivity contribution is 5.95. The Bertz CT molecular complexity index is 548. The molecule has 0 bridgehead atoms. The van der Waals surface area contributed by atoms with Crippen LogP contribution < -0.4 is 0 Å². The SMILES string of the molecule is COC(=O)CN(C(=O)c1cc([N+](=O)[O-])c[nH]1)C1CCCC1. The van der Waals surface area contributed by atoms with Crippen molar-refractivity contribution in [1.29, 1.82) is 0 Å². The highest BCUT2D eigenvalue weighted by Crippen LogP contribution is 2.25. The Kier molecular flexibility index (Phi) is 4.56. The molecule has 0 radical (unpaired) electrons. The quantitative estimate of drug-likeness (QED) is 0.503. The number of ether oxygens (including phenoxy) is 1. The van der Waals surface area contributed by atoms with E-state index in [0.29, 0.717) is 0 Å². The number of methoxy groups -OCH3 is 1. The number of nitro groups is 1. The molecule has 8 nitrogen and oxygen atoms in total. The smallest absolute Gasteiger partial charge is 0.325 e. The fraction of sp³-hybridized carbons (Fsp3) is 0.538. The van der Waals surface area contributed by atoms with Crippen LogP contribution in [-0.2, 0) is 9.53 Å². The summed E-state index contributed by atoms with van der Waals surface area (Å²) in [4.78, 5) is 38.1.